The lowest BCUT2D eigenvalue weighted by Crippen LogP contribution is -2.12. The third-order valence-corrected chi connectivity index (χ3v) is 4.98. The molecule has 4 rings (SSSR count). The van der Waals surface area contributed by atoms with Crippen LogP contribution in [0.3, 0.4) is 0 Å². The Morgan fingerprint density at radius 3 is 2.61 bits per heavy atom. The van der Waals surface area contributed by atoms with Gasteiger partial charge in [0.2, 0.25) is 17.6 Å². The fourth-order valence-corrected chi connectivity index (χ4v) is 3.15. The summed E-state index contributed by atoms with van der Waals surface area (Å²) in [6.07, 6.45) is 3.90. The standard InChI is InChI=1S/C24H21ClN4O4/c1-31-20-7-6-19(14-21(20)32-15-16-10-12-26-13-11-16)27-22(30)8-9-23-28-24(29-33-23)17-2-4-18(25)5-3-17/h2-7,10-14H,8-9,15H2,1H3,(H,27,30). The number of halogens is 1. The summed E-state index contributed by atoms with van der Waals surface area (Å²) < 4.78 is 16.5. The number of pyridine rings is 1. The molecule has 0 spiro atoms. The minimum Gasteiger partial charge on any atom is -0.493 e. The quantitative estimate of drug-likeness (QED) is 0.374. The normalized spacial score (nSPS) is 10.6. The van der Waals surface area contributed by atoms with Gasteiger partial charge < -0.3 is 19.3 Å². The van der Waals surface area contributed by atoms with Crippen molar-refractivity contribution in [3.63, 3.8) is 0 Å². The lowest BCUT2D eigenvalue weighted by Gasteiger charge is -2.13. The summed E-state index contributed by atoms with van der Waals surface area (Å²) in [6, 6.07) is 16.1. The van der Waals surface area contributed by atoms with Crippen LogP contribution in [-0.2, 0) is 17.8 Å². The molecule has 1 N–H and O–H groups in total. The SMILES string of the molecule is COc1ccc(NC(=O)CCc2nc(-c3ccc(Cl)cc3)no2)cc1OCc1ccncc1. The Hall–Kier alpha value is -3.91. The number of carbonyl (C=O) groups is 1. The number of carbonyl (C=O) groups excluding carboxylic acids is 1. The van der Waals surface area contributed by atoms with E-state index in [9.17, 15) is 4.79 Å². The fourth-order valence-electron chi connectivity index (χ4n) is 3.02. The van der Waals surface area contributed by atoms with E-state index in [1.54, 1.807) is 49.8 Å². The van der Waals surface area contributed by atoms with Crippen LogP contribution in [0.1, 0.15) is 17.9 Å². The fraction of sp³-hybridized carbons (Fsp3) is 0.167. The molecule has 0 saturated heterocycles. The minimum atomic E-state index is -0.188. The van der Waals surface area contributed by atoms with E-state index >= 15 is 0 Å². The largest absolute Gasteiger partial charge is 0.493 e. The maximum absolute atomic E-state index is 12.5. The van der Waals surface area contributed by atoms with Gasteiger partial charge in [0, 0.05) is 47.6 Å². The molecule has 9 heteroatoms. The Labute approximate surface area is 195 Å². The zero-order valence-electron chi connectivity index (χ0n) is 17.8. The molecule has 33 heavy (non-hydrogen) atoms. The van der Waals surface area contributed by atoms with Gasteiger partial charge in [0.05, 0.1) is 7.11 Å². The summed E-state index contributed by atoms with van der Waals surface area (Å²) in [6.45, 7) is 0.351. The highest BCUT2D eigenvalue weighted by Gasteiger charge is 2.12. The number of anilines is 1. The number of aromatic nitrogens is 3. The van der Waals surface area contributed by atoms with Gasteiger partial charge in [0.25, 0.3) is 0 Å². The van der Waals surface area contributed by atoms with Crippen molar-refractivity contribution in [3.05, 3.63) is 83.5 Å². The van der Waals surface area contributed by atoms with Crippen molar-refractivity contribution in [3.8, 4) is 22.9 Å². The Bertz CT molecular complexity index is 1210. The first-order valence-corrected chi connectivity index (χ1v) is 10.6. The molecule has 4 aromatic rings. The molecule has 0 atom stereocenters. The lowest BCUT2D eigenvalue weighted by molar-refractivity contribution is -0.116. The van der Waals surface area contributed by atoms with E-state index in [1.807, 2.05) is 24.3 Å². The number of aryl methyl sites for hydroxylation is 1. The Morgan fingerprint density at radius 2 is 1.85 bits per heavy atom. The molecular formula is C24H21ClN4O4. The molecular weight excluding hydrogens is 444 g/mol. The molecule has 2 heterocycles. The second kappa shape index (κ2) is 10.6. The topological polar surface area (TPSA) is 99.4 Å². The zero-order chi connectivity index (χ0) is 23.0. The molecule has 8 nitrogen and oxygen atoms in total. The van der Waals surface area contributed by atoms with Crippen molar-refractivity contribution < 1.29 is 18.8 Å². The van der Waals surface area contributed by atoms with Crippen LogP contribution in [0.5, 0.6) is 11.5 Å². The molecule has 0 bridgehead atoms. The van der Waals surface area contributed by atoms with Gasteiger partial charge in [-0.1, -0.05) is 16.8 Å². The monoisotopic (exact) mass is 464 g/mol. The summed E-state index contributed by atoms with van der Waals surface area (Å²) in [7, 11) is 1.57. The highest BCUT2D eigenvalue weighted by atomic mass is 35.5. The van der Waals surface area contributed by atoms with Gasteiger partial charge in [-0.05, 0) is 54.1 Å². The van der Waals surface area contributed by atoms with Crippen LogP contribution in [0.4, 0.5) is 5.69 Å². The number of rotatable bonds is 9. The number of nitrogens with zero attached hydrogens (tertiary/aromatic N) is 3. The van der Waals surface area contributed by atoms with Gasteiger partial charge in [0.15, 0.2) is 11.5 Å². The molecule has 0 aliphatic rings. The molecule has 0 saturated carbocycles. The molecule has 168 valence electrons. The van der Waals surface area contributed by atoms with Crippen LogP contribution in [-0.4, -0.2) is 28.1 Å². The Balaban J connectivity index is 1.34. The van der Waals surface area contributed by atoms with Crippen molar-refractivity contribution in [1.29, 1.82) is 0 Å². The van der Waals surface area contributed by atoms with Gasteiger partial charge in [-0.3, -0.25) is 9.78 Å². The maximum atomic E-state index is 12.5. The van der Waals surface area contributed by atoms with Gasteiger partial charge in [-0.25, -0.2) is 0 Å². The second-order valence-electron chi connectivity index (χ2n) is 7.08. The number of nitrogens with one attached hydrogen (secondary N) is 1. The van der Waals surface area contributed by atoms with E-state index < -0.39 is 0 Å². The van der Waals surface area contributed by atoms with Crippen LogP contribution in [0.2, 0.25) is 5.02 Å². The number of hydrogen-bond donors (Lipinski definition) is 1. The summed E-state index contributed by atoms with van der Waals surface area (Å²) >= 11 is 5.90. The first-order chi connectivity index (χ1) is 16.1. The van der Waals surface area contributed by atoms with E-state index in [0.717, 1.165) is 11.1 Å². The van der Waals surface area contributed by atoms with Crippen LogP contribution in [0.25, 0.3) is 11.4 Å². The van der Waals surface area contributed by atoms with Crippen molar-refractivity contribution in [2.24, 2.45) is 0 Å². The lowest BCUT2D eigenvalue weighted by atomic mass is 10.2. The first kappa shape index (κ1) is 22.3. The average Bonchev–Trinajstić information content (AvgIpc) is 3.32. The average molecular weight is 465 g/mol. The number of benzene rings is 2. The van der Waals surface area contributed by atoms with E-state index in [-0.39, 0.29) is 12.3 Å². The van der Waals surface area contributed by atoms with Crippen molar-refractivity contribution in [2.75, 3.05) is 12.4 Å². The van der Waals surface area contributed by atoms with E-state index in [0.29, 0.717) is 47.0 Å². The van der Waals surface area contributed by atoms with Crippen molar-refractivity contribution >= 4 is 23.2 Å². The highest BCUT2D eigenvalue weighted by Crippen LogP contribution is 2.31. The van der Waals surface area contributed by atoms with Crippen LogP contribution in [0, 0.1) is 0 Å². The maximum Gasteiger partial charge on any atom is 0.227 e. The van der Waals surface area contributed by atoms with Gasteiger partial charge in [-0.15, -0.1) is 0 Å². The van der Waals surface area contributed by atoms with Gasteiger partial charge >= 0.3 is 0 Å². The minimum absolute atomic E-state index is 0.182. The summed E-state index contributed by atoms with van der Waals surface area (Å²) in [4.78, 5) is 20.8. The number of ether oxygens (including phenoxy) is 2. The molecule has 2 aromatic carbocycles. The summed E-state index contributed by atoms with van der Waals surface area (Å²) in [5.41, 5.74) is 2.35. The number of amides is 1. The predicted molar refractivity (Wildman–Crippen MR) is 123 cm³/mol. The molecule has 2 aromatic heterocycles. The summed E-state index contributed by atoms with van der Waals surface area (Å²) in [5.74, 6) is 1.74. The van der Waals surface area contributed by atoms with Crippen LogP contribution < -0.4 is 14.8 Å². The Kier molecular flexibility index (Phi) is 7.16. The molecule has 0 aliphatic heterocycles. The second-order valence-corrected chi connectivity index (χ2v) is 7.51. The van der Waals surface area contributed by atoms with E-state index in [1.165, 1.54) is 0 Å². The Morgan fingerprint density at radius 1 is 1.06 bits per heavy atom. The molecule has 0 unspecified atom stereocenters. The van der Waals surface area contributed by atoms with E-state index in [4.69, 9.17) is 25.6 Å². The zero-order valence-corrected chi connectivity index (χ0v) is 18.6. The van der Waals surface area contributed by atoms with Crippen LogP contribution >= 0.6 is 11.6 Å². The summed E-state index contributed by atoms with van der Waals surface area (Å²) in [5, 5.41) is 7.45. The number of methoxy groups -OCH3 is 1. The van der Waals surface area contributed by atoms with E-state index in [2.05, 4.69) is 20.4 Å². The van der Waals surface area contributed by atoms with Crippen molar-refractivity contribution in [2.45, 2.75) is 19.4 Å². The molecule has 0 aliphatic carbocycles. The number of hydrogen-bond acceptors (Lipinski definition) is 7. The van der Waals surface area contributed by atoms with Crippen molar-refractivity contribution in [1.82, 2.24) is 15.1 Å². The third-order valence-electron chi connectivity index (χ3n) is 4.73. The van der Waals surface area contributed by atoms with Gasteiger partial charge in [0.1, 0.15) is 6.61 Å². The molecule has 0 radical (unpaired) electrons. The first-order valence-electron chi connectivity index (χ1n) is 10.2. The third kappa shape index (κ3) is 6.08. The predicted octanol–water partition coefficient (Wildman–Crippen LogP) is 4.94. The van der Waals surface area contributed by atoms with Crippen LogP contribution in [0.15, 0.2) is 71.5 Å². The molecule has 1 amide bonds. The highest BCUT2D eigenvalue weighted by molar-refractivity contribution is 6.30. The van der Waals surface area contributed by atoms with Gasteiger partial charge in [-0.2, -0.15) is 4.98 Å². The smallest absolute Gasteiger partial charge is 0.227 e. The molecule has 0 fully saturated rings.